The summed E-state index contributed by atoms with van der Waals surface area (Å²) in [6.45, 7) is 3.53. The molecule has 0 saturated carbocycles. The highest BCUT2D eigenvalue weighted by atomic mass is 32.1. The van der Waals surface area contributed by atoms with Gasteiger partial charge in [-0.2, -0.15) is 5.10 Å². The third-order valence-corrected chi connectivity index (χ3v) is 5.62. The van der Waals surface area contributed by atoms with Crippen LogP contribution >= 0.6 is 11.3 Å². The van der Waals surface area contributed by atoms with Crippen LogP contribution in [0.25, 0.3) is 11.0 Å². The quantitative estimate of drug-likeness (QED) is 0.725. The Morgan fingerprint density at radius 3 is 3.04 bits per heavy atom. The molecule has 3 aromatic heterocycles. The highest BCUT2D eigenvalue weighted by Crippen LogP contribution is 2.27. The van der Waals surface area contributed by atoms with Gasteiger partial charge in [-0.1, -0.05) is 0 Å². The predicted octanol–water partition coefficient (Wildman–Crippen LogP) is 2.68. The first-order chi connectivity index (χ1) is 12.1. The van der Waals surface area contributed by atoms with Crippen LogP contribution < -0.4 is 0 Å². The first-order valence-electron chi connectivity index (χ1n) is 8.57. The fraction of sp³-hybridized carbons (Fsp3) is 0.444. The Hall–Kier alpha value is -2.28. The van der Waals surface area contributed by atoms with Crippen molar-refractivity contribution in [2.45, 2.75) is 32.1 Å². The van der Waals surface area contributed by atoms with Gasteiger partial charge < -0.3 is 4.90 Å². The highest BCUT2D eigenvalue weighted by Gasteiger charge is 2.26. The van der Waals surface area contributed by atoms with Crippen LogP contribution in [0.15, 0.2) is 23.7 Å². The van der Waals surface area contributed by atoms with Gasteiger partial charge in [0.15, 0.2) is 5.65 Å². The van der Waals surface area contributed by atoms with Gasteiger partial charge in [-0.05, 0) is 31.9 Å². The Labute approximate surface area is 150 Å². The maximum Gasteiger partial charge on any atom is 0.228 e. The zero-order valence-electron chi connectivity index (χ0n) is 14.5. The molecule has 1 saturated heterocycles. The zero-order chi connectivity index (χ0) is 17.4. The molecule has 7 heteroatoms. The molecular formula is C18H21N5OS. The van der Waals surface area contributed by atoms with Crippen molar-refractivity contribution < 1.29 is 4.79 Å². The minimum absolute atomic E-state index is 0.164. The Morgan fingerprint density at radius 1 is 1.36 bits per heavy atom. The van der Waals surface area contributed by atoms with Crippen molar-refractivity contribution in [2.24, 2.45) is 7.05 Å². The van der Waals surface area contributed by atoms with E-state index in [0.29, 0.717) is 6.42 Å². The summed E-state index contributed by atoms with van der Waals surface area (Å²) in [5, 5.41) is 8.29. The molecule has 4 heterocycles. The van der Waals surface area contributed by atoms with E-state index in [9.17, 15) is 4.79 Å². The number of nitrogens with zero attached hydrogens (tertiary/aromatic N) is 5. The Balaban J connectivity index is 1.49. The van der Waals surface area contributed by atoms with Crippen LogP contribution in [-0.2, 0) is 18.3 Å². The summed E-state index contributed by atoms with van der Waals surface area (Å²) >= 11 is 1.59. The van der Waals surface area contributed by atoms with Crippen molar-refractivity contribution in [3.63, 3.8) is 0 Å². The van der Waals surface area contributed by atoms with E-state index >= 15 is 0 Å². The second kappa shape index (κ2) is 6.55. The molecule has 3 aromatic rings. The van der Waals surface area contributed by atoms with Crippen molar-refractivity contribution in [3.8, 4) is 0 Å². The molecule has 6 nitrogen and oxygen atoms in total. The molecule has 0 N–H and O–H groups in total. The number of thiazole rings is 1. The molecule has 25 heavy (non-hydrogen) atoms. The topological polar surface area (TPSA) is 63.9 Å². The number of pyridine rings is 1. The fourth-order valence-corrected chi connectivity index (χ4v) is 4.08. The Bertz CT molecular complexity index is 915. The summed E-state index contributed by atoms with van der Waals surface area (Å²) in [5.74, 6) is 0.450. The molecule has 0 bridgehead atoms. The van der Waals surface area contributed by atoms with Gasteiger partial charge in [0.1, 0.15) is 0 Å². The molecule has 0 spiro atoms. The van der Waals surface area contributed by atoms with E-state index in [-0.39, 0.29) is 11.8 Å². The number of carbonyl (C=O) groups excluding carboxylic acids is 1. The number of amides is 1. The SMILES string of the molecule is Cc1nc(CC(=O)N2CCC[C@H](c3ccc4cnn(C)c4n3)C2)cs1. The maximum atomic E-state index is 12.6. The molecule has 4 rings (SSSR count). The van der Waals surface area contributed by atoms with Gasteiger partial charge >= 0.3 is 0 Å². The summed E-state index contributed by atoms with van der Waals surface area (Å²) in [6.07, 6.45) is 4.30. The van der Waals surface area contributed by atoms with E-state index in [2.05, 4.69) is 22.2 Å². The third kappa shape index (κ3) is 3.28. The predicted molar refractivity (Wildman–Crippen MR) is 97.6 cm³/mol. The number of fused-ring (bicyclic) bond motifs is 1. The lowest BCUT2D eigenvalue weighted by atomic mass is 9.94. The maximum absolute atomic E-state index is 12.6. The van der Waals surface area contributed by atoms with Crippen LogP contribution in [0.3, 0.4) is 0 Å². The number of hydrogen-bond donors (Lipinski definition) is 0. The number of aryl methyl sites for hydroxylation is 2. The Kier molecular flexibility index (Phi) is 4.25. The van der Waals surface area contributed by atoms with E-state index in [4.69, 9.17) is 4.98 Å². The number of hydrogen-bond acceptors (Lipinski definition) is 5. The first-order valence-corrected chi connectivity index (χ1v) is 9.45. The average molecular weight is 355 g/mol. The van der Waals surface area contributed by atoms with Gasteiger partial charge in [0, 0.05) is 42.5 Å². The normalized spacial score (nSPS) is 18.0. The van der Waals surface area contributed by atoms with E-state index < -0.39 is 0 Å². The van der Waals surface area contributed by atoms with Gasteiger partial charge in [0.2, 0.25) is 5.91 Å². The molecule has 0 aromatic carbocycles. The number of likely N-dealkylation sites (tertiary alicyclic amines) is 1. The lowest BCUT2D eigenvalue weighted by Crippen LogP contribution is -2.40. The van der Waals surface area contributed by atoms with Crippen LogP contribution in [-0.4, -0.2) is 43.6 Å². The fourth-order valence-electron chi connectivity index (χ4n) is 3.47. The van der Waals surface area contributed by atoms with Crippen molar-refractivity contribution in [1.29, 1.82) is 0 Å². The van der Waals surface area contributed by atoms with Gasteiger partial charge in [0.05, 0.1) is 23.3 Å². The summed E-state index contributed by atoms with van der Waals surface area (Å²) in [7, 11) is 1.91. The molecule has 0 unspecified atom stereocenters. The molecule has 1 atom stereocenters. The zero-order valence-corrected chi connectivity index (χ0v) is 15.3. The van der Waals surface area contributed by atoms with Gasteiger partial charge in [-0.25, -0.2) is 9.97 Å². The highest BCUT2D eigenvalue weighted by molar-refractivity contribution is 7.09. The van der Waals surface area contributed by atoms with E-state index in [1.807, 2.05) is 30.4 Å². The summed E-state index contributed by atoms with van der Waals surface area (Å²) in [4.78, 5) is 23.8. The van der Waals surface area contributed by atoms with Crippen LogP contribution in [0, 0.1) is 6.92 Å². The lowest BCUT2D eigenvalue weighted by molar-refractivity contribution is -0.131. The minimum atomic E-state index is 0.164. The Morgan fingerprint density at radius 2 is 2.24 bits per heavy atom. The van der Waals surface area contributed by atoms with Gasteiger partial charge in [0.25, 0.3) is 0 Å². The molecule has 0 radical (unpaired) electrons. The van der Waals surface area contributed by atoms with E-state index in [1.165, 1.54) is 0 Å². The second-order valence-electron chi connectivity index (χ2n) is 6.63. The number of carbonyl (C=O) groups is 1. The summed E-state index contributed by atoms with van der Waals surface area (Å²) in [5.41, 5.74) is 2.83. The van der Waals surface area contributed by atoms with Crippen molar-refractivity contribution in [1.82, 2.24) is 24.6 Å². The average Bonchev–Trinajstić information content (AvgIpc) is 3.20. The molecule has 130 valence electrons. The lowest BCUT2D eigenvalue weighted by Gasteiger charge is -2.32. The van der Waals surface area contributed by atoms with Crippen LogP contribution in [0.2, 0.25) is 0 Å². The second-order valence-corrected chi connectivity index (χ2v) is 7.69. The molecule has 1 aliphatic rings. The smallest absolute Gasteiger partial charge is 0.228 e. The summed E-state index contributed by atoms with van der Waals surface area (Å²) in [6, 6.07) is 4.15. The molecule has 1 amide bonds. The van der Waals surface area contributed by atoms with Crippen LogP contribution in [0.1, 0.15) is 35.2 Å². The van der Waals surface area contributed by atoms with Crippen LogP contribution in [0.5, 0.6) is 0 Å². The minimum Gasteiger partial charge on any atom is -0.342 e. The third-order valence-electron chi connectivity index (χ3n) is 4.79. The van der Waals surface area contributed by atoms with Crippen molar-refractivity contribution in [2.75, 3.05) is 13.1 Å². The molecule has 0 aliphatic carbocycles. The van der Waals surface area contributed by atoms with Gasteiger partial charge in [-0.15, -0.1) is 11.3 Å². The van der Waals surface area contributed by atoms with Gasteiger partial charge in [-0.3, -0.25) is 9.48 Å². The van der Waals surface area contributed by atoms with E-state index in [1.54, 1.807) is 16.0 Å². The van der Waals surface area contributed by atoms with Crippen molar-refractivity contribution in [3.05, 3.63) is 40.1 Å². The number of rotatable bonds is 3. The standard InChI is InChI=1S/C18H21N5OS/c1-12-20-15(11-25-12)8-17(24)23-7-3-4-14(10-23)16-6-5-13-9-19-22(2)18(13)21-16/h5-6,9,11,14H,3-4,7-8,10H2,1-2H3/t14-/m0/s1. The molecule has 1 fully saturated rings. The number of piperidine rings is 1. The molecular weight excluding hydrogens is 334 g/mol. The first kappa shape index (κ1) is 16.2. The summed E-state index contributed by atoms with van der Waals surface area (Å²) < 4.78 is 1.80. The largest absolute Gasteiger partial charge is 0.342 e. The van der Waals surface area contributed by atoms with E-state index in [0.717, 1.165) is 53.4 Å². The number of aromatic nitrogens is 4. The molecule has 1 aliphatic heterocycles. The monoisotopic (exact) mass is 355 g/mol. The van der Waals surface area contributed by atoms with Crippen molar-refractivity contribution >= 4 is 28.3 Å². The van der Waals surface area contributed by atoms with Crippen LogP contribution in [0.4, 0.5) is 0 Å².